The molecule has 2 fully saturated rings. The lowest BCUT2D eigenvalue weighted by Crippen LogP contribution is -2.66. The Hall–Kier alpha value is -2.93. The van der Waals surface area contributed by atoms with Crippen LogP contribution >= 0.6 is 11.6 Å². The molecule has 4 heterocycles. The van der Waals surface area contributed by atoms with Crippen molar-refractivity contribution < 1.29 is 4.79 Å². The summed E-state index contributed by atoms with van der Waals surface area (Å²) in [6, 6.07) is 7.95. The van der Waals surface area contributed by atoms with Crippen molar-refractivity contribution in [1.29, 1.82) is 0 Å². The Morgan fingerprint density at radius 2 is 1.90 bits per heavy atom. The number of benzene rings is 1. The Bertz CT molecular complexity index is 1120. The van der Waals surface area contributed by atoms with Crippen molar-refractivity contribution in [2.75, 3.05) is 24.5 Å². The first-order chi connectivity index (χ1) is 14.9. The van der Waals surface area contributed by atoms with Crippen molar-refractivity contribution in [2.45, 2.75) is 33.2 Å². The first kappa shape index (κ1) is 20.0. The third-order valence-electron chi connectivity index (χ3n) is 6.54. The first-order valence-electron chi connectivity index (χ1n) is 10.6. The van der Waals surface area contributed by atoms with E-state index in [1.807, 2.05) is 49.9 Å². The Balaban J connectivity index is 1.40. The van der Waals surface area contributed by atoms with Crippen LogP contribution in [0.4, 0.5) is 5.95 Å². The number of anilines is 1. The van der Waals surface area contributed by atoms with Crippen molar-refractivity contribution in [3.8, 4) is 11.3 Å². The van der Waals surface area contributed by atoms with E-state index in [1.54, 1.807) is 6.20 Å². The van der Waals surface area contributed by atoms with Gasteiger partial charge in [-0.15, -0.1) is 0 Å². The molecule has 0 saturated carbocycles. The summed E-state index contributed by atoms with van der Waals surface area (Å²) in [4.78, 5) is 26.9. The van der Waals surface area contributed by atoms with Crippen LogP contribution in [-0.4, -0.2) is 56.6 Å². The second-order valence-electron chi connectivity index (χ2n) is 8.50. The number of halogens is 1. The molecule has 0 spiro atoms. The number of fused-ring (bicyclic) bond motifs is 1. The number of nitrogens with one attached hydrogen (secondary N) is 1. The van der Waals surface area contributed by atoms with Crippen LogP contribution in [0.5, 0.6) is 0 Å². The summed E-state index contributed by atoms with van der Waals surface area (Å²) in [6.45, 7) is 8.27. The van der Waals surface area contributed by atoms with E-state index < -0.39 is 0 Å². The topological polar surface area (TPSA) is 78.0 Å². The summed E-state index contributed by atoms with van der Waals surface area (Å²) in [6.07, 6.45) is 2.74. The van der Waals surface area contributed by atoms with Gasteiger partial charge in [0, 0.05) is 42.9 Å². The van der Waals surface area contributed by atoms with E-state index in [4.69, 9.17) is 11.6 Å². The molecular weight excluding hydrogens is 412 g/mol. The molecule has 1 N–H and O–H groups in total. The first-order valence-corrected chi connectivity index (χ1v) is 11.0. The molecule has 2 saturated heterocycles. The molecule has 2 aliphatic rings. The highest BCUT2D eigenvalue weighted by Crippen LogP contribution is 2.37. The highest BCUT2D eigenvalue weighted by molar-refractivity contribution is 6.31. The number of hydrogen-bond acceptors (Lipinski definition) is 5. The van der Waals surface area contributed by atoms with Crippen molar-refractivity contribution in [3.63, 3.8) is 0 Å². The van der Waals surface area contributed by atoms with Crippen LogP contribution in [0.1, 0.15) is 33.7 Å². The zero-order valence-electron chi connectivity index (χ0n) is 17.9. The number of nitrogens with zero attached hydrogens (tertiary/aromatic N) is 5. The largest absolute Gasteiger partial charge is 0.339 e. The van der Waals surface area contributed by atoms with E-state index in [0.717, 1.165) is 54.3 Å². The van der Waals surface area contributed by atoms with Crippen molar-refractivity contribution in [2.24, 2.45) is 5.92 Å². The van der Waals surface area contributed by atoms with Crippen LogP contribution in [-0.2, 0) is 0 Å². The Kier molecular flexibility index (Phi) is 4.93. The van der Waals surface area contributed by atoms with Crippen LogP contribution in [0, 0.1) is 26.7 Å². The van der Waals surface area contributed by atoms with Crippen molar-refractivity contribution >= 4 is 23.5 Å². The molecule has 7 nitrogen and oxygen atoms in total. The summed E-state index contributed by atoms with van der Waals surface area (Å²) >= 11 is 6.25. The minimum absolute atomic E-state index is 0.0702. The number of likely N-dealkylation sites (tertiary alicyclic amines) is 1. The van der Waals surface area contributed by atoms with Crippen LogP contribution < -0.4 is 4.90 Å². The fourth-order valence-electron chi connectivity index (χ4n) is 4.79. The molecule has 1 aromatic carbocycles. The lowest BCUT2D eigenvalue weighted by Gasteiger charge is -2.53. The number of amides is 1. The molecule has 0 unspecified atom stereocenters. The van der Waals surface area contributed by atoms with Gasteiger partial charge in [0.05, 0.1) is 28.1 Å². The van der Waals surface area contributed by atoms with Gasteiger partial charge >= 0.3 is 0 Å². The molecule has 8 heteroatoms. The number of aryl methyl sites for hydroxylation is 3. The molecule has 1 amide bonds. The highest BCUT2D eigenvalue weighted by atomic mass is 35.5. The van der Waals surface area contributed by atoms with Gasteiger partial charge in [-0.2, -0.15) is 5.10 Å². The Labute approximate surface area is 186 Å². The van der Waals surface area contributed by atoms with Gasteiger partial charge in [-0.05, 0) is 44.9 Å². The van der Waals surface area contributed by atoms with E-state index in [1.165, 1.54) is 0 Å². The van der Waals surface area contributed by atoms with E-state index in [2.05, 4.69) is 25.1 Å². The van der Waals surface area contributed by atoms with Crippen LogP contribution in [0.3, 0.4) is 0 Å². The fraction of sp³-hybridized carbons (Fsp3) is 0.391. The summed E-state index contributed by atoms with van der Waals surface area (Å²) in [5.41, 5.74) is 5.14. The van der Waals surface area contributed by atoms with Crippen LogP contribution in [0.2, 0.25) is 5.02 Å². The molecule has 0 bridgehead atoms. The minimum Gasteiger partial charge on any atom is -0.339 e. The maximum absolute atomic E-state index is 13.6. The summed E-state index contributed by atoms with van der Waals surface area (Å²) in [5, 5.41) is 7.69. The SMILES string of the molecule is Cc1cccc(C(=O)N2C[C@H]3CCN(c4nc(C)c(Cl)c(C)n4)C[C@H]32)c1-c1ccn[nH]1. The maximum Gasteiger partial charge on any atom is 0.254 e. The predicted octanol–water partition coefficient (Wildman–Crippen LogP) is 3.80. The van der Waals surface area contributed by atoms with Gasteiger partial charge in [-0.25, -0.2) is 9.97 Å². The van der Waals surface area contributed by atoms with Gasteiger partial charge < -0.3 is 9.80 Å². The van der Waals surface area contributed by atoms with Gasteiger partial charge in [0.15, 0.2) is 0 Å². The zero-order valence-corrected chi connectivity index (χ0v) is 18.6. The number of rotatable bonds is 3. The van der Waals surface area contributed by atoms with Gasteiger partial charge in [-0.1, -0.05) is 23.7 Å². The van der Waals surface area contributed by atoms with Gasteiger partial charge in [0.1, 0.15) is 0 Å². The number of hydrogen-bond donors (Lipinski definition) is 1. The van der Waals surface area contributed by atoms with E-state index in [9.17, 15) is 4.79 Å². The van der Waals surface area contributed by atoms with Crippen LogP contribution in [0.15, 0.2) is 30.5 Å². The number of carbonyl (C=O) groups excluding carboxylic acids is 1. The molecule has 5 rings (SSSR count). The highest BCUT2D eigenvalue weighted by Gasteiger charge is 2.46. The molecule has 2 aliphatic heterocycles. The normalized spacial score (nSPS) is 20.4. The molecular formula is C23H25ClN6O. The summed E-state index contributed by atoms with van der Waals surface area (Å²) < 4.78 is 0. The Morgan fingerprint density at radius 3 is 2.61 bits per heavy atom. The summed E-state index contributed by atoms with van der Waals surface area (Å²) in [5.74, 6) is 1.29. The van der Waals surface area contributed by atoms with Gasteiger partial charge in [0.2, 0.25) is 5.95 Å². The van der Waals surface area contributed by atoms with Crippen molar-refractivity contribution in [1.82, 2.24) is 25.1 Å². The van der Waals surface area contributed by atoms with Crippen LogP contribution in [0.25, 0.3) is 11.3 Å². The van der Waals surface area contributed by atoms with E-state index in [-0.39, 0.29) is 11.9 Å². The zero-order chi connectivity index (χ0) is 21.7. The molecule has 160 valence electrons. The lowest BCUT2D eigenvalue weighted by molar-refractivity contribution is 0.00773. The molecule has 0 aliphatic carbocycles. The molecule has 2 aromatic heterocycles. The number of aromatic amines is 1. The Morgan fingerprint density at radius 1 is 1.13 bits per heavy atom. The minimum atomic E-state index is 0.0702. The van der Waals surface area contributed by atoms with Crippen molar-refractivity contribution in [3.05, 3.63) is 58.0 Å². The molecule has 2 atom stereocenters. The van der Waals surface area contributed by atoms with E-state index >= 15 is 0 Å². The average molecular weight is 437 g/mol. The smallest absolute Gasteiger partial charge is 0.254 e. The lowest BCUT2D eigenvalue weighted by atomic mass is 9.81. The third kappa shape index (κ3) is 3.37. The fourth-order valence-corrected chi connectivity index (χ4v) is 4.88. The van der Waals surface area contributed by atoms with E-state index in [0.29, 0.717) is 22.5 Å². The molecule has 31 heavy (non-hydrogen) atoms. The molecule has 3 aromatic rings. The monoisotopic (exact) mass is 436 g/mol. The standard InChI is InChI=1S/C23H25ClN6O/c1-13-5-4-6-17(20(13)18-7-9-25-28-18)22(31)30-11-16-8-10-29(12-19(16)30)23-26-14(2)21(24)15(3)27-23/h4-7,9,16,19H,8,10-12H2,1-3H3,(H,25,28)/t16-,19-/m1/s1. The second-order valence-corrected chi connectivity index (χ2v) is 8.87. The second kappa shape index (κ2) is 7.64. The average Bonchev–Trinajstić information content (AvgIpc) is 3.26. The predicted molar refractivity (Wildman–Crippen MR) is 120 cm³/mol. The number of H-pyrrole nitrogens is 1. The van der Waals surface area contributed by atoms with Gasteiger partial charge in [-0.3, -0.25) is 9.89 Å². The van der Waals surface area contributed by atoms with Gasteiger partial charge in [0.25, 0.3) is 5.91 Å². The molecule has 0 radical (unpaired) electrons. The number of carbonyl (C=O) groups is 1. The quantitative estimate of drug-likeness (QED) is 0.675. The summed E-state index contributed by atoms with van der Waals surface area (Å²) in [7, 11) is 0. The number of aromatic nitrogens is 4. The third-order valence-corrected chi connectivity index (χ3v) is 7.09. The number of piperidine rings is 1. The maximum atomic E-state index is 13.6.